The molecule has 0 radical (unpaired) electrons. The third kappa shape index (κ3) is 3.85. The maximum Gasteiger partial charge on any atom is 0.419 e. The summed E-state index contributed by atoms with van der Waals surface area (Å²) in [7, 11) is 1.14. The van der Waals surface area contributed by atoms with Gasteiger partial charge < -0.3 is 15.2 Å². The molecule has 0 aliphatic heterocycles. The number of alkyl halides is 3. The van der Waals surface area contributed by atoms with Gasteiger partial charge in [-0.2, -0.15) is 13.2 Å². The quantitative estimate of drug-likeness (QED) is 0.855. The minimum Gasteiger partial charge on any atom is -0.490 e. The number of hydrogen-bond donors (Lipinski definition) is 1. The van der Waals surface area contributed by atoms with E-state index in [0.717, 1.165) is 19.2 Å². The molecule has 4 nitrogen and oxygen atoms in total. The van der Waals surface area contributed by atoms with E-state index in [1.54, 1.807) is 0 Å². The number of halogens is 3. The SMILES string of the molecule is COC(=O)C(C)(N)COc1ccccc1C(F)(F)F. The molecule has 0 aromatic heterocycles. The Hall–Kier alpha value is -1.76. The topological polar surface area (TPSA) is 61.5 Å². The summed E-state index contributed by atoms with van der Waals surface area (Å²) in [6, 6.07) is 4.70. The Morgan fingerprint density at radius 1 is 1.32 bits per heavy atom. The smallest absolute Gasteiger partial charge is 0.419 e. The van der Waals surface area contributed by atoms with Gasteiger partial charge in [0, 0.05) is 0 Å². The first-order valence-corrected chi connectivity index (χ1v) is 5.35. The number of ether oxygens (including phenoxy) is 2. The molecule has 1 aromatic carbocycles. The highest BCUT2D eigenvalue weighted by molar-refractivity contribution is 5.80. The second-order valence-electron chi connectivity index (χ2n) is 4.19. The lowest BCUT2D eigenvalue weighted by Crippen LogP contribution is -2.50. The molecular formula is C12H14F3NO3. The van der Waals surface area contributed by atoms with Crippen molar-refractivity contribution < 1.29 is 27.4 Å². The van der Waals surface area contributed by atoms with Crippen LogP contribution in [0.3, 0.4) is 0 Å². The van der Waals surface area contributed by atoms with Crippen LogP contribution in [0.25, 0.3) is 0 Å². The molecule has 106 valence electrons. The van der Waals surface area contributed by atoms with Gasteiger partial charge in [-0.1, -0.05) is 12.1 Å². The summed E-state index contributed by atoms with van der Waals surface area (Å²) in [5.74, 6) is -1.15. The zero-order chi connectivity index (χ0) is 14.7. The number of rotatable bonds is 4. The molecule has 0 aliphatic rings. The van der Waals surface area contributed by atoms with Crippen LogP contribution >= 0.6 is 0 Å². The third-order valence-electron chi connectivity index (χ3n) is 2.37. The fraction of sp³-hybridized carbons (Fsp3) is 0.417. The maximum absolute atomic E-state index is 12.7. The number of esters is 1. The largest absolute Gasteiger partial charge is 0.490 e. The van der Waals surface area contributed by atoms with Gasteiger partial charge in [-0.25, -0.2) is 4.79 Å². The van der Waals surface area contributed by atoms with Crippen molar-refractivity contribution in [2.75, 3.05) is 13.7 Å². The number of hydrogen-bond acceptors (Lipinski definition) is 4. The summed E-state index contributed by atoms with van der Waals surface area (Å²) in [5, 5.41) is 0. The fourth-order valence-corrected chi connectivity index (χ4v) is 1.35. The monoisotopic (exact) mass is 277 g/mol. The van der Waals surface area contributed by atoms with E-state index in [1.807, 2.05) is 0 Å². The summed E-state index contributed by atoms with van der Waals surface area (Å²) in [5.41, 5.74) is 3.16. The minimum absolute atomic E-state index is 0.379. The lowest BCUT2D eigenvalue weighted by molar-refractivity contribution is -0.147. The lowest BCUT2D eigenvalue weighted by atomic mass is 10.1. The highest BCUT2D eigenvalue weighted by Crippen LogP contribution is 2.36. The molecule has 1 unspecified atom stereocenters. The molecule has 0 aliphatic carbocycles. The van der Waals surface area contributed by atoms with Crippen molar-refractivity contribution in [1.29, 1.82) is 0 Å². The third-order valence-corrected chi connectivity index (χ3v) is 2.37. The van der Waals surface area contributed by atoms with Gasteiger partial charge in [0.05, 0.1) is 12.7 Å². The van der Waals surface area contributed by atoms with E-state index >= 15 is 0 Å². The molecule has 0 bridgehead atoms. The average Bonchev–Trinajstić information content (AvgIpc) is 2.34. The Bertz CT molecular complexity index is 458. The van der Waals surface area contributed by atoms with E-state index in [4.69, 9.17) is 10.5 Å². The Morgan fingerprint density at radius 2 is 1.89 bits per heavy atom. The van der Waals surface area contributed by atoms with Crippen molar-refractivity contribution in [2.45, 2.75) is 18.6 Å². The molecule has 7 heteroatoms. The summed E-state index contributed by atoms with van der Waals surface area (Å²) in [6.45, 7) is 0.891. The second-order valence-corrected chi connectivity index (χ2v) is 4.19. The van der Waals surface area contributed by atoms with Crippen LogP contribution in [-0.4, -0.2) is 25.2 Å². The van der Waals surface area contributed by atoms with Crippen LogP contribution in [0.1, 0.15) is 12.5 Å². The van der Waals surface area contributed by atoms with Crippen molar-refractivity contribution >= 4 is 5.97 Å². The number of methoxy groups -OCH3 is 1. The van der Waals surface area contributed by atoms with Gasteiger partial charge in [-0.15, -0.1) is 0 Å². The molecule has 1 rings (SSSR count). The number of carbonyl (C=O) groups excluding carboxylic acids is 1. The highest BCUT2D eigenvalue weighted by atomic mass is 19.4. The van der Waals surface area contributed by atoms with Crippen LogP contribution in [0.2, 0.25) is 0 Å². The van der Waals surface area contributed by atoms with Gasteiger partial charge in [0.25, 0.3) is 0 Å². The van der Waals surface area contributed by atoms with Crippen LogP contribution in [0.15, 0.2) is 24.3 Å². The zero-order valence-corrected chi connectivity index (χ0v) is 10.5. The Kier molecular flexibility index (Phi) is 4.41. The predicted molar refractivity (Wildman–Crippen MR) is 61.5 cm³/mol. The van der Waals surface area contributed by atoms with Gasteiger partial charge in [0.1, 0.15) is 17.9 Å². The standard InChI is InChI=1S/C12H14F3NO3/c1-11(16,10(17)18-2)7-19-9-6-4-3-5-8(9)12(13,14)15/h3-6H,7,16H2,1-2H3. The number of para-hydroxylation sites is 1. The van der Waals surface area contributed by atoms with Gasteiger partial charge in [-0.05, 0) is 19.1 Å². The van der Waals surface area contributed by atoms with Crippen LogP contribution < -0.4 is 10.5 Å². The molecule has 0 spiro atoms. The van der Waals surface area contributed by atoms with Crippen LogP contribution in [0.5, 0.6) is 5.75 Å². The summed E-state index contributed by atoms with van der Waals surface area (Å²) < 4.78 is 47.5. The molecular weight excluding hydrogens is 263 g/mol. The van der Waals surface area contributed by atoms with Crippen molar-refractivity contribution in [2.24, 2.45) is 5.73 Å². The van der Waals surface area contributed by atoms with Crippen molar-refractivity contribution in [3.63, 3.8) is 0 Å². The predicted octanol–water partition coefficient (Wildman–Crippen LogP) is 1.97. The zero-order valence-electron chi connectivity index (χ0n) is 10.5. The molecule has 1 atom stereocenters. The molecule has 19 heavy (non-hydrogen) atoms. The normalized spacial score (nSPS) is 14.6. The van der Waals surface area contributed by atoms with E-state index in [0.29, 0.717) is 0 Å². The molecule has 0 amide bonds. The van der Waals surface area contributed by atoms with Gasteiger partial charge >= 0.3 is 12.1 Å². The number of benzene rings is 1. The van der Waals surface area contributed by atoms with Crippen molar-refractivity contribution in [3.8, 4) is 5.75 Å². The first-order chi connectivity index (χ1) is 8.68. The van der Waals surface area contributed by atoms with E-state index in [1.165, 1.54) is 19.1 Å². The lowest BCUT2D eigenvalue weighted by Gasteiger charge is -2.22. The Balaban J connectivity index is 2.87. The van der Waals surface area contributed by atoms with Crippen molar-refractivity contribution in [3.05, 3.63) is 29.8 Å². The van der Waals surface area contributed by atoms with Crippen LogP contribution in [-0.2, 0) is 15.7 Å². The van der Waals surface area contributed by atoms with Gasteiger partial charge in [-0.3, -0.25) is 0 Å². The van der Waals surface area contributed by atoms with Crippen LogP contribution in [0.4, 0.5) is 13.2 Å². The first-order valence-electron chi connectivity index (χ1n) is 5.35. The number of carbonyl (C=O) groups is 1. The van der Waals surface area contributed by atoms with Gasteiger partial charge in [0.2, 0.25) is 0 Å². The van der Waals surface area contributed by atoms with E-state index in [-0.39, 0.29) is 5.75 Å². The number of nitrogens with two attached hydrogens (primary N) is 1. The minimum atomic E-state index is -4.53. The molecule has 0 saturated carbocycles. The molecule has 0 heterocycles. The van der Waals surface area contributed by atoms with Crippen molar-refractivity contribution in [1.82, 2.24) is 0 Å². The average molecular weight is 277 g/mol. The Morgan fingerprint density at radius 3 is 2.42 bits per heavy atom. The second kappa shape index (κ2) is 5.48. The van der Waals surface area contributed by atoms with E-state index < -0.39 is 29.9 Å². The van der Waals surface area contributed by atoms with E-state index in [2.05, 4.69) is 4.74 Å². The highest BCUT2D eigenvalue weighted by Gasteiger charge is 2.36. The summed E-state index contributed by atoms with van der Waals surface area (Å²) >= 11 is 0. The fourth-order valence-electron chi connectivity index (χ4n) is 1.35. The van der Waals surface area contributed by atoms with E-state index in [9.17, 15) is 18.0 Å². The Labute approximate surface area is 108 Å². The molecule has 0 fully saturated rings. The summed E-state index contributed by atoms with van der Waals surface area (Å²) in [6.07, 6.45) is -4.53. The first kappa shape index (κ1) is 15.3. The summed E-state index contributed by atoms with van der Waals surface area (Å²) in [4.78, 5) is 11.3. The maximum atomic E-state index is 12.7. The molecule has 0 saturated heterocycles. The molecule has 2 N–H and O–H groups in total. The molecule has 1 aromatic rings. The van der Waals surface area contributed by atoms with Crippen LogP contribution in [0, 0.1) is 0 Å². The van der Waals surface area contributed by atoms with Gasteiger partial charge in [0.15, 0.2) is 0 Å².